The van der Waals surface area contributed by atoms with Gasteiger partial charge in [-0.25, -0.2) is 4.98 Å². The number of aromatic nitrogens is 2. The van der Waals surface area contributed by atoms with Gasteiger partial charge in [-0.2, -0.15) is 0 Å². The SMILES string of the molecule is CNC(=O)c1ncn(-c2ccc(NC(=O)c3ccccc3OC)cc2)c1C(N)=O. The molecule has 148 valence electrons. The highest BCUT2D eigenvalue weighted by atomic mass is 16.5. The van der Waals surface area contributed by atoms with Crippen LogP contribution in [0.4, 0.5) is 5.69 Å². The molecule has 29 heavy (non-hydrogen) atoms. The van der Waals surface area contributed by atoms with E-state index in [0.717, 1.165) is 0 Å². The van der Waals surface area contributed by atoms with Crippen LogP contribution >= 0.6 is 0 Å². The van der Waals surface area contributed by atoms with Gasteiger partial charge < -0.3 is 21.1 Å². The molecule has 0 spiro atoms. The fraction of sp³-hybridized carbons (Fsp3) is 0.100. The van der Waals surface area contributed by atoms with Crippen molar-refractivity contribution in [1.29, 1.82) is 0 Å². The average Bonchev–Trinajstić information content (AvgIpc) is 3.19. The summed E-state index contributed by atoms with van der Waals surface area (Å²) in [6.45, 7) is 0. The molecule has 2 aromatic carbocycles. The number of para-hydroxylation sites is 1. The first-order valence-electron chi connectivity index (χ1n) is 8.60. The van der Waals surface area contributed by atoms with E-state index in [-0.39, 0.29) is 17.3 Å². The van der Waals surface area contributed by atoms with Gasteiger partial charge in [-0.05, 0) is 36.4 Å². The molecular formula is C20H19N5O4. The first-order chi connectivity index (χ1) is 14.0. The summed E-state index contributed by atoms with van der Waals surface area (Å²) in [6, 6.07) is 13.5. The van der Waals surface area contributed by atoms with Gasteiger partial charge in [0.25, 0.3) is 17.7 Å². The van der Waals surface area contributed by atoms with E-state index in [2.05, 4.69) is 15.6 Å². The minimum atomic E-state index is -0.783. The smallest absolute Gasteiger partial charge is 0.272 e. The van der Waals surface area contributed by atoms with E-state index in [1.54, 1.807) is 48.5 Å². The molecule has 0 radical (unpaired) electrons. The van der Waals surface area contributed by atoms with Crippen molar-refractivity contribution in [3.05, 3.63) is 71.8 Å². The Morgan fingerprint density at radius 3 is 2.34 bits per heavy atom. The molecule has 0 saturated heterocycles. The maximum Gasteiger partial charge on any atom is 0.272 e. The quantitative estimate of drug-likeness (QED) is 0.586. The number of ether oxygens (including phenoxy) is 1. The van der Waals surface area contributed by atoms with Gasteiger partial charge in [0.2, 0.25) is 0 Å². The van der Waals surface area contributed by atoms with Crippen molar-refractivity contribution in [1.82, 2.24) is 14.9 Å². The molecule has 3 aromatic rings. The zero-order valence-corrected chi connectivity index (χ0v) is 15.8. The average molecular weight is 393 g/mol. The van der Waals surface area contributed by atoms with Crippen molar-refractivity contribution in [2.75, 3.05) is 19.5 Å². The number of primary amides is 1. The van der Waals surface area contributed by atoms with Crippen LogP contribution in [-0.4, -0.2) is 41.4 Å². The van der Waals surface area contributed by atoms with E-state index in [1.807, 2.05) is 0 Å². The highest BCUT2D eigenvalue weighted by molar-refractivity contribution is 6.06. The third-order valence-corrected chi connectivity index (χ3v) is 4.20. The monoisotopic (exact) mass is 393 g/mol. The number of hydrogen-bond acceptors (Lipinski definition) is 5. The number of hydrogen-bond donors (Lipinski definition) is 3. The highest BCUT2D eigenvalue weighted by Crippen LogP contribution is 2.21. The van der Waals surface area contributed by atoms with Gasteiger partial charge in [0.15, 0.2) is 5.69 Å². The lowest BCUT2D eigenvalue weighted by Gasteiger charge is -2.11. The molecule has 0 aliphatic heterocycles. The molecule has 0 aliphatic rings. The Morgan fingerprint density at radius 1 is 1.03 bits per heavy atom. The third-order valence-electron chi connectivity index (χ3n) is 4.20. The summed E-state index contributed by atoms with van der Waals surface area (Å²) in [7, 11) is 2.93. The summed E-state index contributed by atoms with van der Waals surface area (Å²) >= 11 is 0. The normalized spacial score (nSPS) is 10.3. The number of benzene rings is 2. The molecule has 0 atom stereocenters. The van der Waals surface area contributed by atoms with Gasteiger partial charge in [0, 0.05) is 18.4 Å². The predicted molar refractivity (Wildman–Crippen MR) is 106 cm³/mol. The van der Waals surface area contributed by atoms with E-state index in [9.17, 15) is 14.4 Å². The molecule has 0 aliphatic carbocycles. The van der Waals surface area contributed by atoms with Gasteiger partial charge in [0.1, 0.15) is 17.8 Å². The lowest BCUT2D eigenvalue weighted by Crippen LogP contribution is -2.25. The first kappa shape index (κ1) is 19.6. The van der Waals surface area contributed by atoms with Crippen molar-refractivity contribution in [2.24, 2.45) is 5.73 Å². The van der Waals surface area contributed by atoms with Crippen LogP contribution in [0.5, 0.6) is 5.75 Å². The number of anilines is 1. The molecule has 0 saturated carbocycles. The molecule has 1 aromatic heterocycles. The summed E-state index contributed by atoms with van der Waals surface area (Å²) in [4.78, 5) is 40.2. The topological polar surface area (TPSA) is 128 Å². The van der Waals surface area contributed by atoms with Crippen LogP contribution in [0.3, 0.4) is 0 Å². The van der Waals surface area contributed by atoms with Crippen LogP contribution in [0.2, 0.25) is 0 Å². The van der Waals surface area contributed by atoms with Crippen LogP contribution in [0.25, 0.3) is 5.69 Å². The van der Waals surface area contributed by atoms with E-state index >= 15 is 0 Å². The molecular weight excluding hydrogens is 374 g/mol. The van der Waals surface area contributed by atoms with Gasteiger partial charge in [-0.15, -0.1) is 0 Å². The Hall–Kier alpha value is -4.14. The Labute approximate surface area is 166 Å². The number of rotatable bonds is 6. The van der Waals surface area contributed by atoms with E-state index < -0.39 is 11.8 Å². The van der Waals surface area contributed by atoms with Crippen molar-refractivity contribution in [3.8, 4) is 11.4 Å². The zero-order chi connectivity index (χ0) is 21.0. The molecule has 4 N–H and O–H groups in total. The number of carbonyl (C=O) groups is 3. The number of nitrogens with two attached hydrogens (primary N) is 1. The van der Waals surface area contributed by atoms with Crippen LogP contribution in [0.15, 0.2) is 54.9 Å². The summed E-state index contributed by atoms with van der Waals surface area (Å²) in [5.41, 5.74) is 6.83. The molecule has 9 heteroatoms. The van der Waals surface area contributed by atoms with Gasteiger partial charge in [-0.1, -0.05) is 12.1 Å². The Kier molecular flexibility index (Phi) is 5.59. The van der Waals surface area contributed by atoms with Crippen LogP contribution in [0, 0.1) is 0 Å². The molecule has 0 unspecified atom stereocenters. The largest absolute Gasteiger partial charge is 0.496 e. The first-order valence-corrected chi connectivity index (χ1v) is 8.60. The van der Waals surface area contributed by atoms with Crippen molar-refractivity contribution < 1.29 is 19.1 Å². The minimum absolute atomic E-state index is 0.0323. The maximum absolute atomic E-state index is 12.5. The fourth-order valence-corrected chi connectivity index (χ4v) is 2.80. The molecule has 3 amide bonds. The molecule has 9 nitrogen and oxygen atoms in total. The summed E-state index contributed by atoms with van der Waals surface area (Å²) < 4.78 is 6.62. The van der Waals surface area contributed by atoms with Crippen molar-refractivity contribution in [3.63, 3.8) is 0 Å². The standard InChI is InChI=1S/C20H19N5O4/c1-22-20(28)16-17(18(21)26)25(11-23-16)13-9-7-12(8-10-13)24-19(27)14-5-3-4-6-15(14)29-2/h3-11H,1-2H3,(H2,21,26)(H,22,28)(H,24,27). The van der Waals surface area contributed by atoms with Crippen molar-refractivity contribution in [2.45, 2.75) is 0 Å². The Morgan fingerprint density at radius 2 is 1.72 bits per heavy atom. The van der Waals surface area contributed by atoms with E-state index in [1.165, 1.54) is 25.1 Å². The number of methoxy groups -OCH3 is 1. The van der Waals surface area contributed by atoms with Crippen LogP contribution < -0.4 is 21.1 Å². The Balaban J connectivity index is 1.86. The molecule has 0 bridgehead atoms. The predicted octanol–water partition coefficient (Wildman–Crippen LogP) is 1.59. The Bertz CT molecular complexity index is 1070. The second kappa shape index (κ2) is 8.26. The summed E-state index contributed by atoms with van der Waals surface area (Å²) in [5.74, 6) is -1.15. The lowest BCUT2D eigenvalue weighted by molar-refractivity contribution is 0.0937. The lowest BCUT2D eigenvalue weighted by atomic mass is 10.2. The molecule has 0 fully saturated rings. The minimum Gasteiger partial charge on any atom is -0.496 e. The maximum atomic E-state index is 12.5. The number of nitrogens with zero attached hydrogens (tertiary/aromatic N) is 2. The van der Waals surface area contributed by atoms with Gasteiger partial charge in [-0.3, -0.25) is 19.0 Å². The highest BCUT2D eigenvalue weighted by Gasteiger charge is 2.22. The van der Waals surface area contributed by atoms with Crippen molar-refractivity contribution >= 4 is 23.4 Å². The van der Waals surface area contributed by atoms with Gasteiger partial charge in [0.05, 0.1) is 12.7 Å². The number of imidazole rings is 1. The van der Waals surface area contributed by atoms with Crippen LogP contribution in [-0.2, 0) is 0 Å². The van der Waals surface area contributed by atoms with Crippen LogP contribution in [0.1, 0.15) is 31.3 Å². The summed E-state index contributed by atoms with van der Waals surface area (Å²) in [6.07, 6.45) is 1.34. The second-order valence-electron chi connectivity index (χ2n) is 5.96. The number of nitrogens with one attached hydrogen (secondary N) is 2. The van der Waals surface area contributed by atoms with Gasteiger partial charge >= 0.3 is 0 Å². The zero-order valence-electron chi connectivity index (χ0n) is 15.8. The second-order valence-corrected chi connectivity index (χ2v) is 5.96. The third kappa shape index (κ3) is 3.93. The number of carbonyl (C=O) groups excluding carboxylic acids is 3. The van der Waals surface area contributed by atoms with E-state index in [0.29, 0.717) is 22.7 Å². The molecule has 1 heterocycles. The number of amides is 3. The van der Waals surface area contributed by atoms with E-state index in [4.69, 9.17) is 10.5 Å². The summed E-state index contributed by atoms with van der Waals surface area (Å²) in [5, 5.41) is 5.20. The molecule has 3 rings (SSSR count). The fourth-order valence-electron chi connectivity index (χ4n) is 2.80.